The van der Waals surface area contributed by atoms with Gasteiger partial charge in [0, 0.05) is 38.6 Å². The summed E-state index contributed by atoms with van der Waals surface area (Å²) in [4.78, 5) is 19.0. The lowest BCUT2D eigenvalue weighted by molar-refractivity contribution is -0.134. The molecule has 1 heterocycles. The van der Waals surface area contributed by atoms with Crippen LogP contribution in [0.3, 0.4) is 0 Å². The van der Waals surface area contributed by atoms with Crippen molar-refractivity contribution in [2.24, 2.45) is 10.9 Å². The Bertz CT molecular complexity index is 795. The molecule has 1 aromatic carbocycles. The van der Waals surface area contributed by atoms with Gasteiger partial charge in [-0.25, -0.2) is 8.42 Å². The van der Waals surface area contributed by atoms with Crippen LogP contribution in [0.4, 0.5) is 0 Å². The molecule has 1 atom stereocenters. The van der Waals surface area contributed by atoms with Crippen molar-refractivity contribution in [2.75, 3.05) is 32.4 Å². The molecule has 1 aliphatic carbocycles. The summed E-state index contributed by atoms with van der Waals surface area (Å²) in [5, 5.41) is 6.39. The van der Waals surface area contributed by atoms with Crippen molar-refractivity contribution in [1.82, 2.24) is 15.5 Å². The summed E-state index contributed by atoms with van der Waals surface area (Å²) in [7, 11) is -1.65. The van der Waals surface area contributed by atoms with Crippen LogP contribution in [-0.2, 0) is 14.6 Å². The van der Waals surface area contributed by atoms with Crippen LogP contribution < -0.4 is 10.6 Å². The maximum absolute atomic E-state index is 12.6. The minimum atomic E-state index is -3.32. The van der Waals surface area contributed by atoms with Gasteiger partial charge in [0.25, 0.3) is 0 Å². The highest BCUT2D eigenvalue weighted by atomic mass is 127. The van der Waals surface area contributed by atoms with E-state index >= 15 is 0 Å². The molecule has 162 valence electrons. The molecule has 1 aliphatic heterocycles. The first-order chi connectivity index (χ1) is 13.5. The van der Waals surface area contributed by atoms with Crippen LogP contribution >= 0.6 is 24.0 Å². The van der Waals surface area contributed by atoms with E-state index in [0.717, 1.165) is 38.6 Å². The van der Waals surface area contributed by atoms with Crippen molar-refractivity contribution < 1.29 is 13.2 Å². The van der Waals surface area contributed by atoms with E-state index in [2.05, 4.69) is 15.6 Å². The predicted octanol–water partition coefficient (Wildman–Crippen LogP) is 2.03. The second-order valence-electron chi connectivity index (χ2n) is 7.53. The van der Waals surface area contributed by atoms with Gasteiger partial charge in [-0.1, -0.05) is 31.0 Å². The van der Waals surface area contributed by atoms with Crippen molar-refractivity contribution in [2.45, 2.75) is 43.0 Å². The van der Waals surface area contributed by atoms with Crippen molar-refractivity contribution in [3.05, 3.63) is 30.3 Å². The third kappa shape index (κ3) is 6.56. The summed E-state index contributed by atoms with van der Waals surface area (Å²) < 4.78 is 24.7. The number of guanidine groups is 1. The average Bonchev–Trinajstić information content (AvgIpc) is 3.39. The van der Waals surface area contributed by atoms with E-state index in [0.29, 0.717) is 23.3 Å². The normalized spacial score (nSPS) is 20.4. The molecule has 1 aromatic rings. The molecule has 1 unspecified atom stereocenters. The van der Waals surface area contributed by atoms with E-state index < -0.39 is 9.84 Å². The number of sulfone groups is 1. The lowest BCUT2D eigenvalue weighted by Crippen LogP contribution is -2.46. The topological polar surface area (TPSA) is 90.9 Å². The van der Waals surface area contributed by atoms with Gasteiger partial charge >= 0.3 is 0 Å². The molecule has 2 N–H and O–H groups in total. The number of hydrogen-bond donors (Lipinski definition) is 2. The Hall–Kier alpha value is -1.36. The van der Waals surface area contributed by atoms with Gasteiger partial charge in [-0.05, 0) is 31.4 Å². The van der Waals surface area contributed by atoms with Gasteiger partial charge in [0.2, 0.25) is 5.91 Å². The second kappa shape index (κ2) is 11.1. The molecular weight excluding hydrogens is 503 g/mol. The van der Waals surface area contributed by atoms with Gasteiger partial charge in [0.05, 0.1) is 10.6 Å². The highest BCUT2D eigenvalue weighted by molar-refractivity contribution is 14.0. The first-order valence-corrected chi connectivity index (χ1v) is 11.7. The van der Waals surface area contributed by atoms with Crippen LogP contribution in [0.5, 0.6) is 0 Å². The predicted molar refractivity (Wildman–Crippen MR) is 125 cm³/mol. The molecule has 9 heteroatoms. The Morgan fingerprint density at radius 2 is 1.86 bits per heavy atom. The summed E-state index contributed by atoms with van der Waals surface area (Å²) in [5.74, 6) is 1.07. The number of nitrogens with zero attached hydrogens (tertiary/aromatic N) is 2. The Labute approximate surface area is 190 Å². The Balaban J connectivity index is 0.00000300. The number of likely N-dealkylation sites (tertiary alicyclic amines) is 1. The Morgan fingerprint density at radius 3 is 2.52 bits per heavy atom. The van der Waals surface area contributed by atoms with Crippen LogP contribution in [0.25, 0.3) is 0 Å². The highest BCUT2D eigenvalue weighted by Gasteiger charge is 2.32. The van der Waals surface area contributed by atoms with E-state index in [9.17, 15) is 13.2 Å². The fourth-order valence-corrected chi connectivity index (χ4v) is 5.12. The van der Waals surface area contributed by atoms with E-state index in [-0.39, 0.29) is 48.2 Å². The highest BCUT2D eigenvalue weighted by Crippen LogP contribution is 2.27. The summed E-state index contributed by atoms with van der Waals surface area (Å²) in [5.41, 5.74) is 0. The van der Waals surface area contributed by atoms with E-state index in [1.807, 2.05) is 4.90 Å². The quantitative estimate of drug-likeness (QED) is 0.331. The van der Waals surface area contributed by atoms with E-state index in [1.54, 1.807) is 37.4 Å². The lowest BCUT2D eigenvalue weighted by atomic mass is 10.1. The van der Waals surface area contributed by atoms with E-state index in [4.69, 9.17) is 0 Å². The number of rotatable bonds is 6. The minimum Gasteiger partial charge on any atom is -0.355 e. The SMILES string of the molecule is CN=C(NCCS(=O)(=O)c1ccccc1)NC1CCN(C(=O)C2CCCC2)C1.I. The van der Waals surface area contributed by atoms with Gasteiger partial charge in [0.1, 0.15) is 0 Å². The fourth-order valence-electron chi connectivity index (χ4n) is 3.95. The molecular formula is C20H31IN4O3S. The zero-order valence-electron chi connectivity index (χ0n) is 16.8. The van der Waals surface area contributed by atoms with Crippen molar-refractivity contribution in [3.8, 4) is 0 Å². The molecule has 29 heavy (non-hydrogen) atoms. The molecule has 0 aromatic heterocycles. The maximum Gasteiger partial charge on any atom is 0.225 e. The third-order valence-electron chi connectivity index (χ3n) is 5.53. The molecule has 2 fully saturated rings. The Morgan fingerprint density at radius 1 is 1.17 bits per heavy atom. The molecule has 0 bridgehead atoms. The van der Waals surface area contributed by atoms with Crippen LogP contribution in [-0.4, -0.2) is 63.7 Å². The lowest BCUT2D eigenvalue weighted by Gasteiger charge is -2.21. The number of halogens is 1. The maximum atomic E-state index is 12.6. The smallest absolute Gasteiger partial charge is 0.225 e. The minimum absolute atomic E-state index is 0. The molecule has 7 nitrogen and oxygen atoms in total. The number of benzene rings is 1. The molecule has 1 saturated carbocycles. The second-order valence-corrected chi connectivity index (χ2v) is 9.64. The molecule has 2 aliphatic rings. The number of carbonyl (C=O) groups is 1. The fraction of sp³-hybridized carbons (Fsp3) is 0.600. The van der Waals surface area contributed by atoms with Crippen LogP contribution in [0, 0.1) is 5.92 Å². The molecule has 0 radical (unpaired) electrons. The first-order valence-electron chi connectivity index (χ1n) is 10.0. The van der Waals surface area contributed by atoms with E-state index in [1.165, 1.54) is 0 Å². The third-order valence-corrected chi connectivity index (χ3v) is 7.27. The van der Waals surface area contributed by atoms with Gasteiger partial charge in [-0.2, -0.15) is 0 Å². The van der Waals surface area contributed by atoms with Gasteiger partial charge < -0.3 is 15.5 Å². The monoisotopic (exact) mass is 534 g/mol. The zero-order chi connectivity index (χ0) is 20.0. The summed E-state index contributed by atoms with van der Waals surface area (Å²) >= 11 is 0. The molecule has 1 saturated heterocycles. The number of nitrogens with one attached hydrogen (secondary N) is 2. The van der Waals surface area contributed by atoms with Crippen LogP contribution in [0.2, 0.25) is 0 Å². The van der Waals surface area contributed by atoms with Crippen molar-refractivity contribution >= 4 is 45.7 Å². The zero-order valence-corrected chi connectivity index (χ0v) is 20.0. The van der Waals surface area contributed by atoms with Gasteiger partial charge in [-0.3, -0.25) is 9.79 Å². The first kappa shape index (κ1) is 23.9. The van der Waals surface area contributed by atoms with Crippen molar-refractivity contribution in [3.63, 3.8) is 0 Å². The number of amides is 1. The van der Waals surface area contributed by atoms with Gasteiger partial charge in [0.15, 0.2) is 15.8 Å². The largest absolute Gasteiger partial charge is 0.355 e. The van der Waals surface area contributed by atoms with Crippen LogP contribution in [0.15, 0.2) is 40.2 Å². The number of carbonyl (C=O) groups excluding carboxylic acids is 1. The average molecular weight is 534 g/mol. The standard InChI is InChI=1S/C20H30N4O3S.HI/c1-21-20(22-12-14-28(26,27)18-9-3-2-4-10-18)23-17-11-13-24(15-17)19(25)16-7-5-6-8-16;/h2-4,9-10,16-17H,5-8,11-15H2,1H3,(H2,21,22,23);1H. The molecule has 0 spiro atoms. The number of hydrogen-bond acceptors (Lipinski definition) is 4. The number of aliphatic imine (C=N–C) groups is 1. The van der Waals surface area contributed by atoms with Crippen molar-refractivity contribution in [1.29, 1.82) is 0 Å². The summed E-state index contributed by atoms with van der Waals surface area (Å²) in [6, 6.07) is 8.60. The molecule has 3 rings (SSSR count). The van der Waals surface area contributed by atoms with Crippen LogP contribution in [0.1, 0.15) is 32.1 Å². The van der Waals surface area contributed by atoms with Gasteiger partial charge in [-0.15, -0.1) is 24.0 Å². The molecule has 1 amide bonds. The Kier molecular flexibility index (Phi) is 9.19. The summed E-state index contributed by atoms with van der Waals surface area (Å²) in [6.45, 7) is 1.72. The summed E-state index contributed by atoms with van der Waals surface area (Å²) in [6.07, 6.45) is 5.24.